The van der Waals surface area contributed by atoms with E-state index in [1.165, 1.54) is 17.1 Å². The number of hydrazone groups is 1. The summed E-state index contributed by atoms with van der Waals surface area (Å²) in [5, 5.41) is 6.15. The molecule has 1 heterocycles. The molecule has 0 saturated heterocycles. The average Bonchev–Trinajstić information content (AvgIpc) is 3.18. The van der Waals surface area contributed by atoms with Crippen LogP contribution < -0.4 is 4.72 Å². The second-order valence-corrected chi connectivity index (χ2v) is 10.0. The van der Waals surface area contributed by atoms with Crippen LogP contribution in [0.15, 0.2) is 53.6 Å². The molecule has 0 radical (unpaired) electrons. The van der Waals surface area contributed by atoms with Crippen LogP contribution in [0.4, 0.5) is 10.1 Å². The van der Waals surface area contributed by atoms with Crippen molar-refractivity contribution in [2.24, 2.45) is 11.0 Å². The van der Waals surface area contributed by atoms with Crippen molar-refractivity contribution in [3.8, 4) is 0 Å². The van der Waals surface area contributed by atoms with Gasteiger partial charge in [-0.15, -0.1) is 0 Å². The lowest BCUT2D eigenvalue weighted by Crippen LogP contribution is -2.34. The number of carbonyl (C=O) groups is 1. The third-order valence-electron chi connectivity index (χ3n) is 5.86. The Hall–Kier alpha value is -2.74. The first kappa shape index (κ1) is 21.5. The molecule has 6 nitrogen and oxygen atoms in total. The average molecular weight is 444 g/mol. The van der Waals surface area contributed by atoms with Gasteiger partial charge in [0.05, 0.1) is 23.7 Å². The number of nitrogens with one attached hydrogen (secondary N) is 1. The summed E-state index contributed by atoms with van der Waals surface area (Å²) in [4.78, 5) is 13.4. The van der Waals surface area contributed by atoms with E-state index in [2.05, 4.69) is 9.82 Å². The Kier molecular flexibility index (Phi) is 6.09. The van der Waals surface area contributed by atoms with Crippen molar-refractivity contribution in [2.45, 2.75) is 44.6 Å². The molecule has 1 aliphatic carbocycles. The maximum absolute atomic E-state index is 14.0. The van der Waals surface area contributed by atoms with Crippen molar-refractivity contribution < 1.29 is 17.6 Å². The number of hydrogen-bond donors (Lipinski definition) is 1. The van der Waals surface area contributed by atoms with E-state index in [1.807, 2.05) is 0 Å². The van der Waals surface area contributed by atoms with Gasteiger partial charge in [-0.05, 0) is 36.6 Å². The maximum Gasteiger partial charge on any atom is 0.246 e. The highest BCUT2D eigenvalue weighted by Gasteiger charge is 2.37. The summed E-state index contributed by atoms with van der Waals surface area (Å²) in [6.45, 7) is 0. The Labute approximate surface area is 182 Å². The molecule has 2 aromatic rings. The van der Waals surface area contributed by atoms with Gasteiger partial charge < -0.3 is 0 Å². The monoisotopic (exact) mass is 443 g/mol. The van der Waals surface area contributed by atoms with Gasteiger partial charge in [0.25, 0.3) is 0 Å². The van der Waals surface area contributed by atoms with Gasteiger partial charge in [-0.3, -0.25) is 9.52 Å². The van der Waals surface area contributed by atoms with Crippen LogP contribution in [0.5, 0.6) is 0 Å². The summed E-state index contributed by atoms with van der Waals surface area (Å²) < 4.78 is 40.1. The molecular weight excluding hydrogens is 417 g/mol. The summed E-state index contributed by atoms with van der Waals surface area (Å²) in [5.74, 6) is -0.495. The summed E-state index contributed by atoms with van der Waals surface area (Å²) in [6.07, 6.45) is 6.32. The zero-order valence-electron chi connectivity index (χ0n) is 17.4. The Morgan fingerprint density at radius 1 is 1.10 bits per heavy atom. The Morgan fingerprint density at radius 3 is 2.55 bits per heavy atom. The van der Waals surface area contributed by atoms with E-state index in [0.717, 1.165) is 38.4 Å². The molecule has 1 saturated carbocycles. The number of anilines is 1. The van der Waals surface area contributed by atoms with Crippen LogP contribution in [0, 0.1) is 11.7 Å². The third-order valence-corrected chi connectivity index (χ3v) is 6.45. The van der Waals surface area contributed by atoms with Crippen LogP contribution in [0.25, 0.3) is 0 Å². The fraction of sp³-hybridized carbons (Fsp3) is 0.391. The Morgan fingerprint density at radius 2 is 1.84 bits per heavy atom. The van der Waals surface area contributed by atoms with Crippen LogP contribution >= 0.6 is 0 Å². The maximum atomic E-state index is 14.0. The fourth-order valence-corrected chi connectivity index (χ4v) is 4.99. The number of hydrogen-bond acceptors (Lipinski definition) is 4. The van der Waals surface area contributed by atoms with Crippen molar-refractivity contribution in [3.63, 3.8) is 0 Å². The number of halogens is 1. The number of rotatable bonds is 5. The second kappa shape index (κ2) is 8.78. The van der Waals surface area contributed by atoms with Crippen molar-refractivity contribution in [2.75, 3.05) is 11.0 Å². The van der Waals surface area contributed by atoms with Gasteiger partial charge in [-0.2, -0.15) is 5.10 Å². The quantitative estimate of drug-likeness (QED) is 0.741. The van der Waals surface area contributed by atoms with Gasteiger partial charge in [0.2, 0.25) is 15.9 Å². The van der Waals surface area contributed by atoms with Gasteiger partial charge in [0, 0.05) is 17.9 Å². The highest BCUT2D eigenvalue weighted by atomic mass is 32.2. The van der Waals surface area contributed by atoms with Crippen LogP contribution in [0.1, 0.15) is 55.7 Å². The summed E-state index contributed by atoms with van der Waals surface area (Å²) >= 11 is 0. The normalized spacial score (nSPS) is 19.9. The highest BCUT2D eigenvalue weighted by Crippen LogP contribution is 2.37. The predicted molar refractivity (Wildman–Crippen MR) is 119 cm³/mol. The molecule has 1 aliphatic heterocycles. The first-order chi connectivity index (χ1) is 14.8. The molecule has 1 fully saturated rings. The summed E-state index contributed by atoms with van der Waals surface area (Å²) in [7, 11) is -3.48. The minimum absolute atomic E-state index is 0.0440. The molecule has 8 heteroatoms. The molecule has 0 bridgehead atoms. The van der Waals surface area contributed by atoms with E-state index in [9.17, 15) is 17.6 Å². The van der Waals surface area contributed by atoms with Crippen molar-refractivity contribution in [1.29, 1.82) is 0 Å². The molecule has 31 heavy (non-hydrogen) atoms. The second-order valence-electron chi connectivity index (χ2n) is 8.26. The molecule has 2 aromatic carbocycles. The largest absolute Gasteiger partial charge is 0.283 e. The summed E-state index contributed by atoms with van der Waals surface area (Å²) in [5.41, 5.74) is 2.31. The minimum Gasteiger partial charge on any atom is -0.283 e. The van der Waals surface area contributed by atoms with Crippen LogP contribution in [-0.4, -0.2) is 31.3 Å². The molecular formula is C23H26FN3O3S. The number of sulfonamides is 1. The fourth-order valence-electron chi connectivity index (χ4n) is 4.41. The Balaban J connectivity index is 1.72. The zero-order valence-corrected chi connectivity index (χ0v) is 18.2. The van der Waals surface area contributed by atoms with Gasteiger partial charge in [-0.25, -0.2) is 17.8 Å². The van der Waals surface area contributed by atoms with E-state index < -0.39 is 16.1 Å². The number of carbonyl (C=O) groups excluding carboxylic acids is 1. The number of amides is 1. The lowest BCUT2D eigenvalue weighted by atomic mass is 9.88. The highest BCUT2D eigenvalue weighted by molar-refractivity contribution is 7.92. The standard InChI is InChI=1S/C23H26FN3O3S/c1-31(29,30)26-20-13-6-5-12-19(20)21-15-22(17-10-7-11-18(24)14-17)27(25-21)23(28)16-8-3-2-4-9-16/h5-7,10-14,16,22,26H,2-4,8-9,15H2,1H3. The Bertz CT molecular complexity index is 1110. The van der Waals surface area contributed by atoms with Crippen LogP contribution in [0.3, 0.4) is 0 Å². The first-order valence-corrected chi connectivity index (χ1v) is 12.4. The topological polar surface area (TPSA) is 78.8 Å². The number of nitrogens with zero attached hydrogens (tertiary/aromatic N) is 2. The molecule has 1 amide bonds. The minimum atomic E-state index is -3.48. The molecule has 1 unspecified atom stereocenters. The van der Waals surface area contributed by atoms with Gasteiger partial charge in [-0.1, -0.05) is 49.6 Å². The number of para-hydroxylation sites is 1. The van der Waals surface area contributed by atoms with Gasteiger partial charge >= 0.3 is 0 Å². The van der Waals surface area contributed by atoms with E-state index in [1.54, 1.807) is 36.4 Å². The van der Waals surface area contributed by atoms with E-state index >= 15 is 0 Å². The van der Waals surface area contributed by atoms with Crippen LogP contribution in [-0.2, 0) is 14.8 Å². The molecule has 0 aromatic heterocycles. The van der Waals surface area contributed by atoms with E-state index in [0.29, 0.717) is 28.9 Å². The molecule has 1 N–H and O–H groups in total. The van der Waals surface area contributed by atoms with Crippen molar-refractivity contribution >= 4 is 27.3 Å². The zero-order chi connectivity index (χ0) is 22.0. The molecule has 1 atom stereocenters. The molecule has 2 aliphatic rings. The van der Waals surface area contributed by atoms with Crippen molar-refractivity contribution in [3.05, 3.63) is 65.5 Å². The molecule has 164 valence electrons. The van der Waals surface area contributed by atoms with Crippen LogP contribution in [0.2, 0.25) is 0 Å². The van der Waals surface area contributed by atoms with Gasteiger partial charge in [0.1, 0.15) is 5.82 Å². The van der Waals surface area contributed by atoms with E-state index in [-0.39, 0.29) is 17.6 Å². The molecule has 4 rings (SSSR count). The SMILES string of the molecule is CS(=O)(=O)Nc1ccccc1C1=NN(C(=O)C2CCCCC2)C(c2cccc(F)c2)C1. The number of benzene rings is 2. The summed E-state index contributed by atoms with van der Waals surface area (Å²) in [6, 6.07) is 12.8. The smallest absolute Gasteiger partial charge is 0.246 e. The lowest BCUT2D eigenvalue weighted by molar-refractivity contribution is -0.138. The van der Waals surface area contributed by atoms with E-state index in [4.69, 9.17) is 0 Å². The lowest BCUT2D eigenvalue weighted by Gasteiger charge is -2.28. The predicted octanol–water partition coefficient (Wildman–Crippen LogP) is 4.46. The third kappa shape index (κ3) is 4.95. The van der Waals surface area contributed by atoms with Crippen molar-refractivity contribution in [1.82, 2.24) is 5.01 Å². The first-order valence-electron chi connectivity index (χ1n) is 10.5. The van der Waals surface area contributed by atoms with Gasteiger partial charge in [0.15, 0.2) is 0 Å². The molecule has 0 spiro atoms.